The number of hydrogen-bond acceptors (Lipinski definition) is 5. The van der Waals surface area contributed by atoms with Crippen molar-refractivity contribution in [2.45, 2.75) is 37.3 Å². The van der Waals surface area contributed by atoms with Gasteiger partial charge in [-0.25, -0.2) is 0 Å². The number of hydrogen-bond donors (Lipinski definition) is 2. The first kappa shape index (κ1) is 23.4. The van der Waals surface area contributed by atoms with Gasteiger partial charge in [0.15, 0.2) is 5.69 Å². The first-order chi connectivity index (χ1) is 18.1. The number of benzene rings is 2. The first-order valence-electron chi connectivity index (χ1n) is 12.8. The van der Waals surface area contributed by atoms with E-state index in [1.54, 1.807) is 24.5 Å². The van der Waals surface area contributed by atoms with Gasteiger partial charge in [0.1, 0.15) is 0 Å². The molecule has 2 amide bonds. The average molecular weight is 496 g/mol. The molecule has 1 aliphatic heterocycles. The quantitative estimate of drug-likeness (QED) is 0.436. The molecular weight excluding hydrogens is 466 g/mol. The molecule has 2 N–H and O–H groups in total. The molecule has 0 radical (unpaired) electrons. The lowest BCUT2D eigenvalue weighted by atomic mass is 9.71. The van der Waals surface area contributed by atoms with Crippen molar-refractivity contribution < 1.29 is 14.3 Å². The van der Waals surface area contributed by atoms with Crippen LogP contribution in [0.25, 0.3) is 10.9 Å². The number of nitrogens with one attached hydrogen (secondary N) is 2. The van der Waals surface area contributed by atoms with Crippen LogP contribution < -0.4 is 5.32 Å². The van der Waals surface area contributed by atoms with Gasteiger partial charge < -0.3 is 15.0 Å². The van der Waals surface area contributed by atoms with Crippen molar-refractivity contribution in [2.24, 2.45) is 0 Å². The van der Waals surface area contributed by atoms with Gasteiger partial charge in [-0.05, 0) is 49.1 Å². The zero-order valence-corrected chi connectivity index (χ0v) is 20.7. The summed E-state index contributed by atoms with van der Waals surface area (Å²) in [7, 11) is 0. The van der Waals surface area contributed by atoms with Crippen LogP contribution in [0.3, 0.4) is 0 Å². The van der Waals surface area contributed by atoms with Gasteiger partial charge in [0, 0.05) is 42.9 Å². The largest absolute Gasteiger partial charge is 0.375 e. The van der Waals surface area contributed by atoms with E-state index in [0.717, 1.165) is 29.3 Å². The molecule has 4 aromatic rings. The Hall–Kier alpha value is -4.04. The summed E-state index contributed by atoms with van der Waals surface area (Å²) >= 11 is 0. The minimum Gasteiger partial charge on any atom is -0.375 e. The Labute approximate surface area is 215 Å². The number of para-hydroxylation sites is 1. The number of ether oxygens (including phenoxy) is 1. The van der Waals surface area contributed by atoms with Crippen LogP contribution in [0.15, 0.2) is 73.1 Å². The fourth-order valence-corrected chi connectivity index (χ4v) is 6.11. The molecule has 6 rings (SSSR count). The molecular formula is C29H29N5O3. The maximum Gasteiger partial charge on any atom is 0.274 e. The van der Waals surface area contributed by atoms with Crippen LogP contribution in [0.4, 0.5) is 0 Å². The van der Waals surface area contributed by atoms with Gasteiger partial charge in [0.05, 0.1) is 23.2 Å². The average Bonchev–Trinajstić information content (AvgIpc) is 3.48. The minimum absolute atomic E-state index is 0.0621. The van der Waals surface area contributed by atoms with E-state index in [4.69, 9.17) is 4.74 Å². The topological polar surface area (TPSA) is 100 Å². The maximum atomic E-state index is 13.4. The molecule has 1 aliphatic carbocycles. The Balaban J connectivity index is 1.28. The molecule has 37 heavy (non-hydrogen) atoms. The summed E-state index contributed by atoms with van der Waals surface area (Å²) in [5.74, 6) is -0.236. The summed E-state index contributed by atoms with van der Waals surface area (Å²) < 4.78 is 6.40. The van der Waals surface area contributed by atoms with Crippen LogP contribution in [0.5, 0.6) is 0 Å². The summed E-state index contributed by atoms with van der Waals surface area (Å²) in [6.45, 7) is 3.68. The number of nitrogens with zero attached hydrogens (tertiary/aromatic N) is 3. The molecule has 0 saturated carbocycles. The van der Waals surface area contributed by atoms with E-state index in [2.05, 4.69) is 32.6 Å². The summed E-state index contributed by atoms with van der Waals surface area (Å²) in [5.41, 5.74) is 3.81. The molecule has 2 aromatic carbocycles. The van der Waals surface area contributed by atoms with Crippen molar-refractivity contribution in [2.75, 3.05) is 19.7 Å². The number of likely N-dealkylation sites (tertiary alicyclic amines) is 1. The Morgan fingerprint density at radius 1 is 1.08 bits per heavy atom. The Morgan fingerprint density at radius 2 is 1.86 bits per heavy atom. The van der Waals surface area contributed by atoms with Crippen molar-refractivity contribution in [3.63, 3.8) is 0 Å². The minimum atomic E-state index is -0.302. The molecule has 2 aliphatic rings. The number of fused-ring (bicyclic) bond motifs is 3. The Kier molecular flexibility index (Phi) is 5.96. The smallest absolute Gasteiger partial charge is 0.274 e. The summed E-state index contributed by atoms with van der Waals surface area (Å²) in [4.78, 5) is 32.6. The molecule has 3 heterocycles. The highest BCUT2D eigenvalue weighted by Gasteiger charge is 2.54. The monoisotopic (exact) mass is 495 g/mol. The Morgan fingerprint density at radius 3 is 2.65 bits per heavy atom. The van der Waals surface area contributed by atoms with Gasteiger partial charge in [-0.15, -0.1) is 0 Å². The van der Waals surface area contributed by atoms with Gasteiger partial charge >= 0.3 is 0 Å². The fourth-order valence-electron chi connectivity index (χ4n) is 6.11. The third-order valence-corrected chi connectivity index (χ3v) is 7.85. The normalized spacial score (nSPS) is 20.2. The van der Waals surface area contributed by atoms with Crippen molar-refractivity contribution in [1.29, 1.82) is 0 Å². The molecule has 2 atom stereocenters. The number of rotatable bonds is 5. The maximum absolute atomic E-state index is 13.4. The third-order valence-electron chi connectivity index (χ3n) is 7.85. The van der Waals surface area contributed by atoms with Gasteiger partial charge in [0.2, 0.25) is 0 Å². The second-order valence-corrected chi connectivity index (χ2v) is 9.72. The predicted octanol–water partition coefficient (Wildman–Crippen LogP) is 4.02. The molecule has 1 saturated heterocycles. The highest BCUT2D eigenvalue weighted by atomic mass is 16.5. The number of carbonyl (C=O) groups is 2. The van der Waals surface area contributed by atoms with Crippen LogP contribution in [-0.4, -0.2) is 57.7 Å². The lowest BCUT2D eigenvalue weighted by molar-refractivity contribution is -0.0306. The van der Waals surface area contributed by atoms with Gasteiger partial charge in [-0.1, -0.05) is 42.5 Å². The highest BCUT2D eigenvalue weighted by molar-refractivity contribution is 6.04. The number of aromatic nitrogens is 3. The van der Waals surface area contributed by atoms with Crippen LogP contribution in [-0.2, 0) is 10.2 Å². The van der Waals surface area contributed by atoms with Crippen LogP contribution >= 0.6 is 0 Å². The van der Waals surface area contributed by atoms with Crippen molar-refractivity contribution in [3.05, 3.63) is 95.4 Å². The van der Waals surface area contributed by atoms with Crippen LogP contribution in [0, 0.1) is 0 Å². The second-order valence-electron chi connectivity index (χ2n) is 9.72. The SMILES string of the molecule is CCO[C@H]1[C@H](NC(=O)c2cccnc2)c2ccccc2C12CCN(C(=O)c1n[nH]c3ccccc13)CC2. The lowest BCUT2D eigenvalue weighted by Gasteiger charge is -2.44. The molecule has 2 aromatic heterocycles. The number of carbonyl (C=O) groups excluding carboxylic acids is 2. The molecule has 0 bridgehead atoms. The molecule has 188 valence electrons. The van der Waals surface area contributed by atoms with E-state index in [0.29, 0.717) is 31.0 Å². The molecule has 8 heteroatoms. The standard InChI is InChI=1S/C29H29N5O3/c1-2-37-26-24(31-27(35)19-8-7-15-30-18-19)20-9-3-5-11-22(20)29(26)13-16-34(17-14-29)28(36)25-21-10-4-6-12-23(21)32-33-25/h3-12,15,18,24,26H,2,13-14,16-17H2,1H3,(H,31,35)(H,32,33)/t24-,26+/m1/s1. The fraction of sp³-hybridized carbons (Fsp3) is 0.310. The van der Waals surface area contributed by atoms with Crippen molar-refractivity contribution in [3.8, 4) is 0 Å². The van der Waals surface area contributed by atoms with E-state index in [1.807, 2.05) is 48.2 Å². The van der Waals surface area contributed by atoms with Gasteiger partial charge in [-0.3, -0.25) is 19.7 Å². The van der Waals surface area contributed by atoms with E-state index >= 15 is 0 Å². The lowest BCUT2D eigenvalue weighted by Crippen LogP contribution is -2.52. The molecule has 1 spiro atoms. The number of pyridine rings is 1. The van der Waals surface area contributed by atoms with Gasteiger partial charge in [-0.2, -0.15) is 5.10 Å². The predicted molar refractivity (Wildman–Crippen MR) is 139 cm³/mol. The second kappa shape index (κ2) is 9.44. The van der Waals surface area contributed by atoms with Crippen LogP contribution in [0.1, 0.15) is 57.8 Å². The summed E-state index contributed by atoms with van der Waals surface area (Å²) in [6, 6.07) is 19.2. The number of amides is 2. The summed E-state index contributed by atoms with van der Waals surface area (Å²) in [6.07, 6.45) is 4.47. The third kappa shape index (κ3) is 3.88. The summed E-state index contributed by atoms with van der Waals surface area (Å²) in [5, 5.41) is 11.4. The zero-order valence-electron chi connectivity index (χ0n) is 20.7. The number of aromatic amines is 1. The van der Waals surface area contributed by atoms with E-state index in [9.17, 15) is 9.59 Å². The van der Waals surface area contributed by atoms with E-state index in [-0.39, 0.29) is 29.4 Å². The highest BCUT2D eigenvalue weighted by Crippen LogP contribution is 2.52. The Bertz CT molecular complexity index is 1440. The zero-order chi connectivity index (χ0) is 25.4. The van der Waals surface area contributed by atoms with E-state index in [1.165, 1.54) is 5.56 Å². The van der Waals surface area contributed by atoms with Crippen molar-refractivity contribution in [1.82, 2.24) is 25.4 Å². The first-order valence-corrected chi connectivity index (χ1v) is 12.8. The number of H-pyrrole nitrogens is 1. The van der Waals surface area contributed by atoms with Crippen molar-refractivity contribution >= 4 is 22.7 Å². The number of piperidine rings is 1. The van der Waals surface area contributed by atoms with E-state index < -0.39 is 0 Å². The molecule has 0 unspecified atom stereocenters. The molecule has 1 fully saturated rings. The molecule has 8 nitrogen and oxygen atoms in total. The van der Waals surface area contributed by atoms with Gasteiger partial charge in [0.25, 0.3) is 11.8 Å². The van der Waals surface area contributed by atoms with Crippen LogP contribution in [0.2, 0.25) is 0 Å².